The average molecular weight is 504 g/mol. The molecule has 34 heavy (non-hydrogen) atoms. The van der Waals surface area contributed by atoms with Gasteiger partial charge in [0.2, 0.25) is 5.91 Å². The van der Waals surface area contributed by atoms with Crippen LogP contribution in [-0.2, 0) is 27.4 Å². The average Bonchev–Trinajstić information content (AvgIpc) is 3.16. The van der Waals surface area contributed by atoms with Crippen molar-refractivity contribution >= 4 is 50.2 Å². The Morgan fingerprint density at radius 1 is 1.21 bits per heavy atom. The van der Waals surface area contributed by atoms with Crippen molar-refractivity contribution in [1.82, 2.24) is 15.4 Å². The van der Waals surface area contributed by atoms with Crippen molar-refractivity contribution in [2.45, 2.75) is 20.4 Å². The number of hydrogen-bond donors (Lipinski definition) is 3. The van der Waals surface area contributed by atoms with Crippen LogP contribution in [0.1, 0.15) is 28.5 Å². The first-order valence-corrected chi connectivity index (χ1v) is 12.0. The molecular weight excluding hydrogens is 480 g/mol. The Labute approximate surface area is 202 Å². The Hall–Kier alpha value is -3.39. The summed E-state index contributed by atoms with van der Waals surface area (Å²) >= 11 is -1.58. The fourth-order valence-corrected chi connectivity index (χ4v) is 4.63. The van der Waals surface area contributed by atoms with Crippen molar-refractivity contribution < 1.29 is 23.2 Å². The number of amides is 2. The number of hydroxylamine groups is 1. The Morgan fingerprint density at radius 2 is 1.94 bits per heavy atom. The number of nitrogens with zero attached hydrogens (tertiary/aromatic N) is 3. The zero-order chi connectivity index (χ0) is 24.5. The van der Waals surface area contributed by atoms with E-state index in [-0.39, 0.29) is 19.1 Å². The quantitative estimate of drug-likeness (QED) is 0.205. The number of benzene rings is 1. The number of rotatable bonds is 11. The maximum absolute atomic E-state index is 12.6. The molecule has 0 bridgehead atoms. The van der Waals surface area contributed by atoms with Gasteiger partial charge in [-0.1, -0.05) is 23.5 Å². The molecule has 0 radical (unpaired) electrons. The van der Waals surface area contributed by atoms with E-state index in [9.17, 15) is 18.4 Å². The maximum atomic E-state index is 12.6. The van der Waals surface area contributed by atoms with E-state index < -0.39 is 17.2 Å². The van der Waals surface area contributed by atoms with E-state index >= 15 is 0 Å². The van der Waals surface area contributed by atoms with E-state index in [1.165, 1.54) is 6.92 Å². The highest BCUT2D eigenvalue weighted by atomic mass is 32.2. The summed E-state index contributed by atoms with van der Waals surface area (Å²) in [5.74, 6) is -0.786. The van der Waals surface area contributed by atoms with Crippen LogP contribution in [0.4, 0.5) is 15.8 Å². The number of carbonyl (C=O) groups excluding carboxylic acids is 2. The first kappa shape index (κ1) is 25.2. The summed E-state index contributed by atoms with van der Waals surface area (Å²) in [7, 11) is 0. The number of aromatic nitrogens is 2. The first-order chi connectivity index (χ1) is 16.3. The summed E-state index contributed by atoms with van der Waals surface area (Å²) in [6, 6.07) is 10.7. The van der Waals surface area contributed by atoms with Gasteiger partial charge in [-0.2, -0.15) is 0 Å². The lowest BCUT2D eigenvalue weighted by Crippen LogP contribution is -2.33. The number of pyridine rings is 1. The van der Waals surface area contributed by atoms with Gasteiger partial charge in [-0.05, 0) is 36.8 Å². The van der Waals surface area contributed by atoms with Gasteiger partial charge in [-0.15, -0.1) is 0 Å². The van der Waals surface area contributed by atoms with Gasteiger partial charge in [0.25, 0.3) is 5.91 Å². The molecule has 2 heterocycles. The van der Waals surface area contributed by atoms with Crippen LogP contribution in [0.5, 0.6) is 0 Å². The fraction of sp³-hybridized carbons (Fsp3) is 0.238. The largest absolute Gasteiger partial charge is 0.755 e. The van der Waals surface area contributed by atoms with Gasteiger partial charge in [0.05, 0.1) is 24.4 Å². The third kappa shape index (κ3) is 7.05. The Kier molecular flexibility index (Phi) is 9.04. The smallest absolute Gasteiger partial charge is 0.276 e. The Balaban J connectivity index is 1.56. The summed E-state index contributed by atoms with van der Waals surface area (Å²) in [6.45, 7) is 3.30. The molecule has 0 aliphatic heterocycles. The Bertz CT molecular complexity index is 1160. The standard InChI is InChI=1S/C21H24N6O5S2/c1-14-20(33-21(24-14)25-15(2)28)27(34(30)31)11-12-32-26-19(29)17-5-3-4-6-18(17)23-13-16-7-9-22-10-8-16/h3-10,23H,11-13H2,1-2H3,(H,26,29)(H,30,31)(H,24,25,28)/p-1. The third-order valence-electron chi connectivity index (χ3n) is 4.43. The predicted octanol–water partition coefficient (Wildman–Crippen LogP) is 2.38. The van der Waals surface area contributed by atoms with E-state index in [4.69, 9.17) is 4.84 Å². The Morgan fingerprint density at radius 3 is 2.65 bits per heavy atom. The summed E-state index contributed by atoms with van der Waals surface area (Å²) in [6.07, 6.45) is 3.38. The molecule has 0 saturated carbocycles. The van der Waals surface area contributed by atoms with Crippen LogP contribution >= 0.6 is 11.3 Å². The minimum atomic E-state index is -2.60. The number of anilines is 3. The molecule has 3 rings (SSSR count). The summed E-state index contributed by atoms with van der Waals surface area (Å²) in [5.41, 5.74) is 4.78. The van der Waals surface area contributed by atoms with Crippen LogP contribution in [0, 0.1) is 6.92 Å². The van der Waals surface area contributed by atoms with Crippen molar-refractivity contribution in [2.24, 2.45) is 0 Å². The molecule has 1 aromatic carbocycles. The highest BCUT2D eigenvalue weighted by molar-refractivity contribution is 7.81. The highest BCUT2D eigenvalue weighted by Gasteiger charge is 2.17. The van der Waals surface area contributed by atoms with E-state index in [0.29, 0.717) is 33.6 Å². The van der Waals surface area contributed by atoms with Crippen LogP contribution in [0.15, 0.2) is 48.8 Å². The number of thiazole rings is 1. The monoisotopic (exact) mass is 503 g/mol. The summed E-state index contributed by atoms with van der Waals surface area (Å²) in [4.78, 5) is 37.2. The molecule has 11 nitrogen and oxygen atoms in total. The van der Waals surface area contributed by atoms with Gasteiger partial charge in [0.1, 0.15) is 5.00 Å². The van der Waals surface area contributed by atoms with Gasteiger partial charge >= 0.3 is 0 Å². The van der Waals surface area contributed by atoms with Crippen LogP contribution < -0.4 is 20.4 Å². The van der Waals surface area contributed by atoms with E-state index in [1.807, 2.05) is 12.1 Å². The van der Waals surface area contributed by atoms with Crippen LogP contribution in [0.3, 0.4) is 0 Å². The second-order valence-corrected chi connectivity index (χ2v) is 8.80. The molecule has 3 N–H and O–H groups in total. The molecule has 0 aliphatic rings. The lowest BCUT2D eigenvalue weighted by atomic mass is 10.1. The van der Waals surface area contributed by atoms with E-state index in [0.717, 1.165) is 21.2 Å². The summed E-state index contributed by atoms with van der Waals surface area (Å²) < 4.78 is 24.5. The van der Waals surface area contributed by atoms with Gasteiger partial charge < -0.3 is 15.2 Å². The second-order valence-electron chi connectivity index (χ2n) is 6.94. The number of nitrogens with one attached hydrogen (secondary N) is 3. The van der Waals surface area contributed by atoms with E-state index in [1.54, 1.807) is 43.6 Å². The number of hydrogen-bond acceptors (Lipinski definition) is 9. The van der Waals surface area contributed by atoms with Gasteiger partial charge in [0.15, 0.2) is 5.13 Å². The molecule has 0 fully saturated rings. The molecule has 1 atom stereocenters. The number of carbonyl (C=O) groups is 2. The number of aryl methyl sites for hydroxylation is 1. The lowest BCUT2D eigenvalue weighted by molar-refractivity contribution is -0.114. The first-order valence-electron chi connectivity index (χ1n) is 10.1. The van der Waals surface area contributed by atoms with Gasteiger partial charge in [0, 0.05) is 42.8 Å². The molecule has 3 aromatic rings. The van der Waals surface area contributed by atoms with Crippen LogP contribution in [-0.4, -0.2) is 43.7 Å². The number of para-hydroxylation sites is 1. The molecule has 0 aliphatic carbocycles. The molecule has 13 heteroatoms. The van der Waals surface area contributed by atoms with Crippen molar-refractivity contribution in [2.75, 3.05) is 28.1 Å². The van der Waals surface area contributed by atoms with Gasteiger partial charge in [-0.3, -0.25) is 27.9 Å². The minimum absolute atomic E-state index is 0.0686. The molecule has 2 aromatic heterocycles. The topological polar surface area (TPSA) is 149 Å². The lowest BCUT2D eigenvalue weighted by Gasteiger charge is -2.24. The molecule has 0 spiro atoms. The third-order valence-corrected chi connectivity index (χ3v) is 6.36. The van der Waals surface area contributed by atoms with Crippen LogP contribution in [0.2, 0.25) is 0 Å². The molecule has 2 amide bonds. The van der Waals surface area contributed by atoms with Crippen molar-refractivity contribution in [1.29, 1.82) is 0 Å². The summed E-state index contributed by atoms with van der Waals surface area (Å²) in [5, 5.41) is 6.37. The molecule has 0 saturated heterocycles. The van der Waals surface area contributed by atoms with Crippen LogP contribution in [0.25, 0.3) is 0 Å². The van der Waals surface area contributed by atoms with Gasteiger partial charge in [-0.25, -0.2) is 10.5 Å². The molecule has 1 unspecified atom stereocenters. The van der Waals surface area contributed by atoms with Crippen molar-refractivity contribution in [3.63, 3.8) is 0 Å². The highest BCUT2D eigenvalue weighted by Crippen LogP contribution is 2.32. The SMILES string of the molecule is CC(=O)Nc1nc(C)c(N(CCONC(=O)c2ccccc2NCc2ccncc2)S(=O)[O-])s1. The van der Waals surface area contributed by atoms with E-state index in [2.05, 4.69) is 26.1 Å². The second kappa shape index (κ2) is 12.2. The van der Waals surface area contributed by atoms with Crippen molar-refractivity contribution in [3.05, 3.63) is 65.6 Å². The normalized spacial score (nSPS) is 11.5. The molecule has 180 valence electrons. The van der Waals surface area contributed by atoms with Crippen molar-refractivity contribution in [3.8, 4) is 0 Å². The molecular formula is C21H23N6O5S2-. The fourth-order valence-electron chi connectivity index (χ4n) is 2.90. The zero-order valence-electron chi connectivity index (χ0n) is 18.4. The maximum Gasteiger partial charge on any atom is 0.276 e. The minimum Gasteiger partial charge on any atom is -0.755 e. The predicted molar refractivity (Wildman–Crippen MR) is 129 cm³/mol. The zero-order valence-corrected chi connectivity index (χ0v) is 20.1.